The Kier molecular flexibility index (Phi) is 6.28. The van der Waals surface area contributed by atoms with Gasteiger partial charge in [0.1, 0.15) is 17.3 Å². The first kappa shape index (κ1) is 20.3. The third kappa shape index (κ3) is 4.97. The second-order valence-corrected chi connectivity index (χ2v) is 8.08. The van der Waals surface area contributed by atoms with E-state index in [4.69, 9.17) is 21.6 Å². The monoisotopic (exact) mass is 421 g/mol. The van der Waals surface area contributed by atoms with Gasteiger partial charge in [0.25, 0.3) is 0 Å². The average Bonchev–Trinajstić information content (AvgIpc) is 3.22. The zero-order chi connectivity index (χ0) is 20.9. The van der Waals surface area contributed by atoms with Gasteiger partial charge in [-0.3, -0.25) is 0 Å². The zero-order valence-electron chi connectivity index (χ0n) is 17.4. The van der Waals surface area contributed by atoms with Crippen molar-refractivity contribution in [1.29, 1.82) is 0 Å². The van der Waals surface area contributed by atoms with E-state index in [0.717, 1.165) is 35.1 Å². The molecule has 1 atom stereocenters. The minimum Gasteiger partial charge on any atom is -0.459 e. The summed E-state index contributed by atoms with van der Waals surface area (Å²) >= 11 is 5.44. The molecule has 1 aliphatic rings. The van der Waals surface area contributed by atoms with Gasteiger partial charge in [0.2, 0.25) is 5.95 Å². The number of nitrogens with zero attached hydrogens (tertiary/aromatic N) is 3. The number of hydrogen-bond donors (Lipinski definition) is 2. The molecular weight excluding hydrogens is 394 g/mol. The van der Waals surface area contributed by atoms with Gasteiger partial charge in [0.15, 0.2) is 5.11 Å². The van der Waals surface area contributed by atoms with E-state index in [-0.39, 0.29) is 0 Å². The lowest BCUT2D eigenvalue weighted by molar-refractivity contribution is 0.481. The highest BCUT2D eigenvalue weighted by atomic mass is 32.1. The van der Waals surface area contributed by atoms with Crippen molar-refractivity contribution in [3.05, 3.63) is 60.0 Å². The van der Waals surface area contributed by atoms with Crippen molar-refractivity contribution in [3.63, 3.8) is 0 Å². The Morgan fingerprint density at radius 3 is 2.80 bits per heavy atom. The van der Waals surface area contributed by atoms with Gasteiger partial charge in [-0.15, -0.1) is 0 Å². The number of benzene rings is 1. The summed E-state index contributed by atoms with van der Waals surface area (Å²) in [7, 11) is 0. The largest absolute Gasteiger partial charge is 0.459 e. The first-order valence-corrected chi connectivity index (χ1v) is 10.8. The molecule has 156 valence electrons. The van der Waals surface area contributed by atoms with Crippen LogP contribution in [0.3, 0.4) is 0 Å². The van der Waals surface area contributed by atoms with Crippen molar-refractivity contribution < 1.29 is 4.42 Å². The quantitative estimate of drug-likeness (QED) is 0.567. The Balaban J connectivity index is 1.37. The Morgan fingerprint density at radius 1 is 1.17 bits per heavy atom. The molecule has 4 rings (SSSR count). The molecule has 1 saturated heterocycles. The van der Waals surface area contributed by atoms with Gasteiger partial charge in [-0.05, 0) is 57.5 Å². The van der Waals surface area contributed by atoms with Crippen LogP contribution in [0.25, 0.3) is 11.3 Å². The summed E-state index contributed by atoms with van der Waals surface area (Å²) in [5, 5.41) is 6.76. The van der Waals surface area contributed by atoms with Crippen molar-refractivity contribution in [2.24, 2.45) is 0 Å². The standard InChI is InChI=1S/C23H27N5OS/c1-16-14-21(28-13-7-6-8-17(28)2)26-22(25-16)27-23(30)24-15-19-11-12-20(29-19)18-9-4-3-5-10-18/h3-5,9-12,14,17H,6-8,13,15H2,1-2H3,(H2,24,25,26,27,30)/t17-/m0/s1. The number of piperidine rings is 1. The van der Waals surface area contributed by atoms with Crippen LogP contribution < -0.4 is 15.5 Å². The van der Waals surface area contributed by atoms with Crippen LogP contribution in [0.4, 0.5) is 11.8 Å². The van der Waals surface area contributed by atoms with Crippen LogP contribution in [0, 0.1) is 6.92 Å². The van der Waals surface area contributed by atoms with Crippen LogP contribution in [0.1, 0.15) is 37.6 Å². The summed E-state index contributed by atoms with van der Waals surface area (Å²) < 4.78 is 5.91. The van der Waals surface area contributed by atoms with Crippen molar-refractivity contribution in [1.82, 2.24) is 15.3 Å². The van der Waals surface area contributed by atoms with E-state index in [2.05, 4.69) is 27.4 Å². The van der Waals surface area contributed by atoms with E-state index in [0.29, 0.717) is 23.6 Å². The number of nitrogens with one attached hydrogen (secondary N) is 2. The average molecular weight is 422 g/mol. The predicted molar refractivity (Wildman–Crippen MR) is 125 cm³/mol. The smallest absolute Gasteiger partial charge is 0.231 e. The molecule has 3 heterocycles. The summed E-state index contributed by atoms with van der Waals surface area (Å²) in [6.07, 6.45) is 3.67. The fourth-order valence-electron chi connectivity index (χ4n) is 3.74. The van der Waals surface area contributed by atoms with Gasteiger partial charge in [-0.25, -0.2) is 4.98 Å². The lowest BCUT2D eigenvalue weighted by atomic mass is 10.0. The van der Waals surface area contributed by atoms with Crippen molar-refractivity contribution in [2.45, 2.75) is 45.7 Å². The fourth-order valence-corrected chi connectivity index (χ4v) is 3.90. The highest BCUT2D eigenvalue weighted by Crippen LogP contribution is 2.24. The minimum atomic E-state index is 0.468. The van der Waals surface area contributed by atoms with Gasteiger partial charge < -0.3 is 20.0 Å². The molecule has 2 N–H and O–H groups in total. The maximum atomic E-state index is 5.91. The van der Waals surface area contributed by atoms with E-state index < -0.39 is 0 Å². The van der Waals surface area contributed by atoms with Crippen LogP contribution in [-0.2, 0) is 6.54 Å². The topological polar surface area (TPSA) is 66.2 Å². The van der Waals surface area contributed by atoms with Crippen molar-refractivity contribution in [3.8, 4) is 11.3 Å². The molecule has 0 unspecified atom stereocenters. The van der Waals surface area contributed by atoms with Crippen molar-refractivity contribution >= 4 is 29.1 Å². The van der Waals surface area contributed by atoms with Crippen LogP contribution in [0.5, 0.6) is 0 Å². The summed E-state index contributed by atoms with van der Waals surface area (Å²) in [5.74, 6) is 3.13. The predicted octanol–water partition coefficient (Wildman–Crippen LogP) is 4.91. The van der Waals surface area contributed by atoms with Gasteiger partial charge in [-0.2, -0.15) is 4.98 Å². The summed E-state index contributed by atoms with van der Waals surface area (Å²) in [5.41, 5.74) is 1.97. The lowest BCUT2D eigenvalue weighted by Crippen LogP contribution is -2.38. The second-order valence-electron chi connectivity index (χ2n) is 7.67. The van der Waals surface area contributed by atoms with Crippen LogP contribution in [0.2, 0.25) is 0 Å². The molecule has 7 heteroatoms. The van der Waals surface area contributed by atoms with Crippen LogP contribution in [-0.4, -0.2) is 27.7 Å². The first-order valence-electron chi connectivity index (χ1n) is 10.4. The van der Waals surface area contributed by atoms with Crippen LogP contribution in [0.15, 0.2) is 52.9 Å². The third-order valence-corrected chi connectivity index (χ3v) is 5.55. The summed E-state index contributed by atoms with van der Waals surface area (Å²) in [6.45, 7) is 5.75. The molecule has 30 heavy (non-hydrogen) atoms. The SMILES string of the molecule is Cc1cc(N2CCCC[C@@H]2C)nc(NC(=S)NCc2ccc(-c3ccccc3)o2)n1. The summed E-state index contributed by atoms with van der Waals surface area (Å²) in [6, 6.07) is 16.5. The number of aromatic nitrogens is 2. The zero-order valence-corrected chi connectivity index (χ0v) is 18.2. The van der Waals surface area contributed by atoms with Crippen molar-refractivity contribution in [2.75, 3.05) is 16.8 Å². The number of aryl methyl sites for hydroxylation is 1. The number of hydrogen-bond acceptors (Lipinski definition) is 5. The molecule has 1 fully saturated rings. The minimum absolute atomic E-state index is 0.468. The molecule has 0 spiro atoms. The molecule has 1 aromatic carbocycles. The first-order chi connectivity index (χ1) is 14.6. The maximum absolute atomic E-state index is 5.91. The highest BCUT2D eigenvalue weighted by Gasteiger charge is 2.20. The Bertz CT molecular complexity index is 1000. The Hall–Kier alpha value is -2.93. The van der Waals surface area contributed by atoms with E-state index in [1.54, 1.807) is 0 Å². The number of rotatable bonds is 5. The molecule has 1 aliphatic heterocycles. The van der Waals surface area contributed by atoms with Gasteiger partial charge >= 0.3 is 0 Å². The Morgan fingerprint density at radius 2 is 2.00 bits per heavy atom. The number of furan rings is 1. The number of anilines is 2. The normalized spacial score (nSPS) is 16.3. The molecule has 3 aromatic rings. The van der Waals surface area contributed by atoms with E-state index in [1.165, 1.54) is 19.3 Å². The van der Waals surface area contributed by atoms with E-state index in [1.807, 2.05) is 55.5 Å². The van der Waals surface area contributed by atoms with Gasteiger partial charge in [0.05, 0.1) is 6.54 Å². The van der Waals surface area contributed by atoms with Gasteiger partial charge in [0, 0.05) is 29.9 Å². The van der Waals surface area contributed by atoms with Crippen LogP contribution >= 0.6 is 12.2 Å². The molecule has 0 radical (unpaired) electrons. The molecule has 6 nitrogen and oxygen atoms in total. The molecule has 0 bridgehead atoms. The molecule has 0 saturated carbocycles. The molecule has 2 aromatic heterocycles. The summed E-state index contributed by atoms with van der Waals surface area (Å²) in [4.78, 5) is 11.5. The lowest BCUT2D eigenvalue weighted by Gasteiger charge is -2.34. The molecule has 0 amide bonds. The maximum Gasteiger partial charge on any atom is 0.231 e. The van der Waals surface area contributed by atoms with E-state index >= 15 is 0 Å². The molecule has 0 aliphatic carbocycles. The van der Waals surface area contributed by atoms with E-state index in [9.17, 15) is 0 Å². The van der Waals surface area contributed by atoms with Gasteiger partial charge in [-0.1, -0.05) is 30.3 Å². The Labute approximate surface area is 182 Å². The number of thiocarbonyl (C=S) groups is 1. The third-order valence-electron chi connectivity index (χ3n) is 5.31. The highest BCUT2D eigenvalue weighted by molar-refractivity contribution is 7.80. The molecular formula is C23H27N5OS. The second kappa shape index (κ2) is 9.26. The fraction of sp³-hybridized carbons (Fsp3) is 0.348.